The van der Waals surface area contributed by atoms with E-state index in [1.807, 2.05) is 20.9 Å². The van der Waals surface area contributed by atoms with Gasteiger partial charge in [-0.15, -0.1) is 0 Å². The van der Waals surface area contributed by atoms with Gasteiger partial charge in [-0.25, -0.2) is 8.42 Å². The molecule has 1 aromatic rings. The second-order valence-electron chi connectivity index (χ2n) is 4.56. The number of nitrogens with zero attached hydrogens (tertiary/aromatic N) is 1. The van der Waals surface area contributed by atoms with Crippen molar-refractivity contribution >= 4 is 21.6 Å². The summed E-state index contributed by atoms with van der Waals surface area (Å²) < 4.78 is 26.2. The van der Waals surface area contributed by atoms with E-state index in [1.165, 1.54) is 10.4 Å². The number of hydrogen-bond acceptors (Lipinski definition) is 3. The highest BCUT2D eigenvalue weighted by Gasteiger charge is 2.24. The second kappa shape index (κ2) is 6.70. The van der Waals surface area contributed by atoms with Crippen molar-refractivity contribution in [3.63, 3.8) is 0 Å². The van der Waals surface area contributed by atoms with E-state index in [4.69, 9.17) is 11.6 Å². The highest BCUT2D eigenvalue weighted by atomic mass is 35.5. The van der Waals surface area contributed by atoms with Gasteiger partial charge in [0.1, 0.15) is 0 Å². The number of rotatable bonds is 6. The molecule has 6 heteroatoms. The Morgan fingerprint density at radius 3 is 2.53 bits per heavy atom. The van der Waals surface area contributed by atoms with Crippen molar-refractivity contribution in [2.75, 3.05) is 14.1 Å². The van der Waals surface area contributed by atoms with Crippen molar-refractivity contribution in [2.45, 2.75) is 37.8 Å². The van der Waals surface area contributed by atoms with Crippen LogP contribution in [0.1, 0.15) is 25.8 Å². The molecule has 0 spiro atoms. The number of hydrogen-bond donors (Lipinski definition) is 1. The predicted octanol–water partition coefficient (Wildman–Crippen LogP) is 2.48. The van der Waals surface area contributed by atoms with Crippen molar-refractivity contribution in [3.05, 3.63) is 28.8 Å². The summed E-state index contributed by atoms with van der Waals surface area (Å²) in [6.45, 7) is 4.45. The second-order valence-corrected chi connectivity index (χ2v) is 6.97. The topological polar surface area (TPSA) is 49.4 Å². The van der Waals surface area contributed by atoms with Crippen LogP contribution in [0, 0.1) is 0 Å². The van der Waals surface area contributed by atoms with Crippen molar-refractivity contribution in [1.29, 1.82) is 0 Å². The van der Waals surface area contributed by atoms with Crippen LogP contribution in [0.15, 0.2) is 23.1 Å². The predicted molar refractivity (Wildman–Crippen MR) is 78.9 cm³/mol. The summed E-state index contributed by atoms with van der Waals surface area (Å²) >= 11 is 6.11. The van der Waals surface area contributed by atoms with Gasteiger partial charge in [0, 0.05) is 24.7 Å². The van der Waals surface area contributed by atoms with Crippen molar-refractivity contribution in [2.24, 2.45) is 0 Å². The summed E-state index contributed by atoms with van der Waals surface area (Å²) in [5, 5.41) is 3.45. The van der Waals surface area contributed by atoms with E-state index in [1.54, 1.807) is 19.2 Å². The third-order valence-corrected chi connectivity index (χ3v) is 5.60. The van der Waals surface area contributed by atoms with Crippen LogP contribution in [-0.2, 0) is 16.6 Å². The van der Waals surface area contributed by atoms with Gasteiger partial charge in [-0.05, 0) is 38.1 Å². The summed E-state index contributed by atoms with van der Waals surface area (Å²) in [5.74, 6) is 0. The first-order valence-corrected chi connectivity index (χ1v) is 8.07. The average Bonchev–Trinajstić information content (AvgIpc) is 2.39. The Hall–Kier alpha value is -0.620. The van der Waals surface area contributed by atoms with Crippen LogP contribution < -0.4 is 5.32 Å². The SMILES string of the molecule is CCC(C)N(C)S(=O)(=O)c1ccc(CNC)c(Cl)c1. The fourth-order valence-corrected chi connectivity index (χ4v) is 3.46. The zero-order chi connectivity index (χ0) is 14.6. The molecule has 1 aromatic carbocycles. The smallest absolute Gasteiger partial charge is 0.243 e. The van der Waals surface area contributed by atoms with Crippen LogP contribution >= 0.6 is 11.6 Å². The van der Waals surface area contributed by atoms with Crippen LogP contribution in [0.25, 0.3) is 0 Å². The zero-order valence-corrected chi connectivity index (χ0v) is 13.3. The van der Waals surface area contributed by atoms with Crippen LogP contribution in [0.3, 0.4) is 0 Å². The Morgan fingerprint density at radius 1 is 1.42 bits per heavy atom. The lowest BCUT2D eigenvalue weighted by Crippen LogP contribution is -2.34. The third-order valence-electron chi connectivity index (χ3n) is 3.28. The lowest BCUT2D eigenvalue weighted by Gasteiger charge is -2.23. The molecule has 1 atom stereocenters. The Morgan fingerprint density at radius 2 is 2.05 bits per heavy atom. The van der Waals surface area contributed by atoms with Crippen LogP contribution in [0.2, 0.25) is 5.02 Å². The van der Waals surface area contributed by atoms with Gasteiger partial charge in [-0.3, -0.25) is 0 Å². The Balaban J connectivity index is 3.12. The Bertz CT molecular complexity index is 531. The Labute approximate surface area is 120 Å². The molecule has 0 bridgehead atoms. The van der Waals surface area contributed by atoms with Gasteiger partial charge in [0.25, 0.3) is 0 Å². The summed E-state index contributed by atoms with van der Waals surface area (Å²) in [7, 11) is -0.0627. The van der Waals surface area contributed by atoms with E-state index in [0.29, 0.717) is 11.6 Å². The number of benzene rings is 1. The maximum atomic E-state index is 12.4. The molecule has 0 heterocycles. The van der Waals surface area contributed by atoms with Gasteiger partial charge >= 0.3 is 0 Å². The number of sulfonamides is 1. The highest BCUT2D eigenvalue weighted by molar-refractivity contribution is 7.89. The van der Waals surface area contributed by atoms with E-state index >= 15 is 0 Å². The molecule has 0 aliphatic heterocycles. The Kier molecular flexibility index (Phi) is 5.80. The van der Waals surface area contributed by atoms with Gasteiger partial charge in [-0.1, -0.05) is 24.6 Å². The summed E-state index contributed by atoms with van der Waals surface area (Å²) in [4.78, 5) is 0.236. The van der Waals surface area contributed by atoms with Gasteiger partial charge in [0.05, 0.1) is 4.90 Å². The fraction of sp³-hybridized carbons (Fsp3) is 0.538. The minimum absolute atomic E-state index is 0.0410. The maximum absolute atomic E-state index is 12.4. The fourth-order valence-electron chi connectivity index (χ4n) is 1.68. The van der Waals surface area contributed by atoms with E-state index in [2.05, 4.69) is 5.32 Å². The van der Waals surface area contributed by atoms with Crippen LogP contribution in [0.5, 0.6) is 0 Å². The van der Waals surface area contributed by atoms with E-state index in [9.17, 15) is 8.42 Å². The molecular formula is C13H21ClN2O2S. The average molecular weight is 305 g/mol. The first-order chi connectivity index (χ1) is 8.84. The van der Waals surface area contributed by atoms with E-state index < -0.39 is 10.0 Å². The first kappa shape index (κ1) is 16.4. The maximum Gasteiger partial charge on any atom is 0.243 e. The molecule has 0 aromatic heterocycles. The van der Waals surface area contributed by atoms with Crippen LogP contribution in [-0.4, -0.2) is 32.9 Å². The van der Waals surface area contributed by atoms with Gasteiger partial charge < -0.3 is 5.32 Å². The summed E-state index contributed by atoms with van der Waals surface area (Å²) in [5.41, 5.74) is 0.884. The summed E-state index contributed by atoms with van der Waals surface area (Å²) in [6.07, 6.45) is 0.765. The monoisotopic (exact) mass is 304 g/mol. The highest BCUT2D eigenvalue weighted by Crippen LogP contribution is 2.24. The number of nitrogens with one attached hydrogen (secondary N) is 1. The lowest BCUT2D eigenvalue weighted by molar-refractivity contribution is 0.380. The van der Waals surface area contributed by atoms with Crippen molar-refractivity contribution in [1.82, 2.24) is 9.62 Å². The minimum atomic E-state index is -3.48. The molecule has 1 rings (SSSR count). The zero-order valence-electron chi connectivity index (χ0n) is 11.8. The van der Waals surface area contributed by atoms with Crippen LogP contribution in [0.4, 0.5) is 0 Å². The molecule has 0 fully saturated rings. The standard InChI is InChI=1S/C13H21ClN2O2S/c1-5-10(2)16(4)19(17,18)12-7-6-11(9-15-3)13(14)8-12/h6-8,10,15H,5,9H2,1-4H3. The molecule has 4 nitrogen and oxygen atoms in total. The van der Waals surface area contributed by atoms with Gasteiger partial charge in [0.2, 0.25) is 10.0 Å². The van der Waals surface area contributed by atoms with Crippen molar-refractivity contribution < 1.29 is 8.42 Å². The molecule has 0 saturated heterocycles. The van der Waals surface area contributed by atoms with Gasteiger partial charge in [-0.2, -0.15) is 4.31 Å². The first-order valence-electron chi connectivity index (χ1n) is 6.25. The molecule has 0 amide bonds. The molecule has 0 aliphatic carbocycles. The normalized spacial score (nSPS) is 13.8. The molecule has 19 heavy (non-hydrogen) atoms. The molecular weight excluding hydrogens is 284 g/mol. The van der Waals surface area contributed by atoms with E-state index in [-0.39, 0.29) is 10.9 Å². The van der Waals surface area contributed by atoms with E-state index in [0.717, 1.165) is 12.0 Å². The molecule has 108 valence electrons. The molecule has 1 N–H and O–H groups in total. The molecule has 1 unspecified atom stereocenters. The lowest BCUT2D eigenvalue weighted by atomic mass is 10.2. The van der Waals surface area contributed by atoms with Crippen molar-refractivity contribution in [3.8, 4) is 0 Å². The number of halogens is 1. The molecule has 0 aliphatic rings. The summed E-state index contributed by atoms with van der Waals surface area (Å²) in [6, 6.07) is 4.83. The molecule has 0 radical (unpaired) electrons. The van der Waals surface area contributed by atoms with Gasteiger partial charge in [0.15, 0.2) is 0 Å². The molecule has 0 saturated carbocycles. The largest absolute Gasteiger partial charge is 0.316 e. The quantitative estimate of drug-likeness (QED) is 0.878. The third kappa shape index (κ3) is 3.69. The minimum Gasteiger partial charge on any atom is -0.316 e.